The van der Waals surface area contributed by atoms with E-state index in [-0.39, 0.29) is 6.61 Å². The fraction of sp³-hybridized carbons (Fsp3) is 0.174. The van der Waals surface area contributed by atoms with Crippen molar-refractivity contribution >= 4 is 28.3 Å². The lowest BCUT2D eigenvalue weighted by Crippen LogP contribution is -2.05. The highest BCUT2D eigenvalue weighted by Crippen LogP contribution is 2.34. The van der Waals surface area contributed by atoms with Crippen molar-refractivity contribution in [2.24, 2.45) is 0 Å². The van der Waals surface area contributed by atoms with Gasteiger partial charge in [0.25, 0.3) is 0 Å². The number of pyridine rings is 1. The number of nitrogens with zero attached hydrogens (tertiary/aromatic N) is 2. The number of rotatable bonds is 6. The van der Waals surface area contributed by atoms with Crippen LogP contribution in [-0.4, -0.2) is 21.3 Å². The third-order valence-corrected chi connectivity index (χ3v) is 5.22. The summed E-state index contributed by atoms with van der Waals surface area (Å²) in [6.45, 7) is 0.787. The summed E-state index contributed by atoms with van der Waals surface area (Å²) >= 11 is 6.51. The van der Waals surface area contributed by atoms with E-state index in [0.29, 0.717) is 17.4 Å². The topological polar surface area (TPSA) is 64.1 Å². The van der Waals surface area contributed by atoms with Crippen LogP contribution in [0.4, 0.5) is 5.82 Å². The van der Waals surface area contributed by atoms with Crippen LogP contribution in [0.15, 0.2) is 66.7 Å². The molecule has 4 rings (SSSR count). The van der Waals surface area contributed by atoms with Gasteiger partial charge in [0.05, 0.1) is 17.9 Å². The number of aliphatic hydroxyl groups is 1. The van der Waals surface area contributed by atoms with Crippen LogP contribution >= 0.6 is 11.6 Å². The van der Waals surface area contributed by atoms with E-state index in [2.05, 4.69) is 33.8 Å². The number of aliphatic hydroxyl groups excluding tert-OH is 1. The lowest BCUT2D eigenvalue weighted by molar-refractivity contribution is 0.288. The van der Waals surface area contributed by atoms with Gasteiger partial charge in [0, 0.05) is 28.1 Å². The summed E-state index contributed by atoms with van der Waals surface area (Å²) in [6.07, 6.45) is 1.59. The van der Waals surface area contributed by atoms with E-state index >= 15 is 0 Å². The molecular weight excluding hydrogens is 370 g/mol. The largest absolute Gasteiger partial charge is 0.396 e. The summed E-state index contributed by atoms with van der Waals surface area (Å²) < 4.78 is 2.24. The number of hydrogen-bond acceptors (Lipinski definition) is 3. The molecule has 0 amide bonds. The fourth-order valence-corrected chi connectivity index (χ4v) is 3.78. The molecule has 0 aliphatic heterocycles. The quantitative estimate of drug-likeness (QED) is 0.490. The molecular formula is C23H22ClN3O. The lowest BCUT2D eigenvalue weighted by Gasteiger charge is -2.13. The minimum absolute atomic E-state index is 0.192. The maximum Gasteiger partial charge on any atom is 0.123 e. The smallest absolute Gasteiger partial charge is 0.123 e. The highest BCUT2D eigenvalue weighted by molar-refractivity contribution is 6.33. The molecule has 2 aromatic heterocycles. The van der Waals surface area contributed by atoms with Gasteiger partial charge in [-0.3, -0.25) is 0 Å². The number of benzene rings is 2. The Balaban J connectivity index is 1.88. The van der Waals surface area contributed by atoms with E-state index < -0.39 is 0 Å². The van der Waals surface area contributed by atoms with Gasteiger partial charge in [-0.2, -0.15) is 0 Å². The zero-order valence-electron chi connectivity index (χ0n) is 15.5. The van der Waals surface area contributed by atoms with Crippen LogP contribution in [0.3, 0.4) is 0 Å². The number of nitrogens with two attached hydrogens (primary N) is 1. The van der Waals surface area contributed by atoms with Crippen LogP contribution in [0.2, 0.25) is 5.02 Å². The van der Waals surface area contributed by atoms with Gasteiger partial charge in [-0.25, -0.2) is 4.98 Å². The first-order valence-corrected chi connectivity index (χ1v) is 9.73. The molecule has 0 aliphatic rings. The Morgan fingerprint density at radius 2 is 1.86 bits per heavy atom. The summed E-state index contributed by atoms with van der Waals surface area (Å²) in [5.41, 5.74) is 11.1. The number of halogens is 1. The molecule has 4 nitrogen and oxygen atoms in total. The fourth-order valence-electron chi connectivity index (χ4n) is 3.55. The molecule has 0 radical (unpaired) electrons. The molecule has 0 unspecified atom stereocenters. The highest BCUT2D eigenvalue weighted by atomic mass is 35.5. The van der Waals surface area contributed by atoms with E-state index in [4.69, 9.17) is 22.4 Å². The first-order valence-electron chi connectivity index (χ1n) is 9.35. The van der Waals surface area contributed by atoms with Crippen molar-refractivity contribution in [1.82, 2.24) is 9.55 Å². The third-order valence-electron chi connectivity index (χ3n) is 4.89. The highest BCUT2D eigenvalue weighted by Gasteiger charge is 2.14. The zero-order valence-corrected chi connectivity index (χ0v) is 16.2. The molecule has 0 atom stereocenters. The molecule has 0 bridgehead atoms. The maximum atomic E-state index is 9.16. The van der Waals surface area contributed by atoms with Crippen LogP contribution < -0.4 is 5.73 Å². The summed E-state index contributed by atoms with van der Waals surface area (Å²) in [4.78, 5) is 4.48. The van der Waals surface area contributed by atoms with Crippen molar-refractivity contribution in [3.63, 3.8) is 0 Å². The monoisotopic (exact) mass is 391 g/mol. The van der Waals surface area contributed by atoms with E-state index in [1.54, 1.807) is 6.07 Å². The summed E-state index contributed by atoms with van der Waals surface area (Å²) in [7, 11) is 0. The average molecular weight is 392 g/mol. The number of fused-ring (bicyclic) bond motifs is 1. The SMILES string of the molecule is Nc1cccc(Cn2c(-c3ccccc3Cl)cc3ccc(CCCO)cc32)n1. The van der Waals surface area contributed by atoms with Crippen molar-refractivity contribution in [3.8, 4) is 11.3 Å². The van der Waals surface area contributed by atoms with Crippen molar-refractivity contribution < 1.29 is 5.11 Å². The van der Waals surface area contributed by atoms with Crippen LogP contribution in [0.25, 0.3) is 22.2 Å². The molecule has 0 saturated carbocycles. The molecule has 4 aromatic rings. The molecule has 0 aliphatic carbocycles. The lowest BCUT2D eigenvalue weighted by atomic mass is 10.1. The number of aromatic nitrogens is 2. The van der Waals surface area contributed by atoms with Crippen LogP contribution in [0, 0.1) is 0 Å². The minimum atomic E-state index is 0.192. The Hall–Kier alpha value is -2.82. The maximum absolute atomic E-state index is 9.16. The first kappa shape index (κ1) is 18.5. The second kappa shape index (κ2) is 8.05. The summed E-state index contributed by atoms with van der Waals surface area (Å²) in [5.74, 6) is 0.511. The van der Waals surface area contributed by atoms with Crippen molar-refractivity contribution in [1.29, 1.82) is 0 Å². The van der Waals surface area contributed by atoms with Gasteiger partial charge in [0.2, 0.25) is 0 Å². The van der Waals surface area contributed by atoms with E-state index in [1.807, 2.05) is 36.4 Å². The zero-order chi connectivity index (χ0) is 19.5. The minimum Gasteiger partial charge on any atom is -0.396 e. The molecule has 142 valence electrons. The molecule has 3 N–H and O–H groups in total. The molecule has 2 aromatic carbocycles. The summed E-state index contributed by atoms with van der Waals surface area (Å²) in [6, 6.07) is 22.2. The Labute approximate surface area is 169 Å². The second-order valence-corrected chi connectivity index (χ2v) is 7.28. The predicted molar refractivity (Wildman–Crippen MR) is 116 cm³/mol. The normalized spacial score (nSPS) is 11.2. The Morgan fingerprint density at radius 3 is 2.64 bits per heavy atom. The van der Waals surface area contributed by atoms with Gasteiger partial charge in [-0.1, -0.05) is 48.0 Å². The number of nitrogen functional groups attached to an aromatic ring is 1. The summed E-state index contributed by atoms with van der Waals surface area (Å²) in [5, 5.41) is 11.0. The molecule has 5 heteroatoms. The van der Waals surface area contributed by atoms with Gasteiger partial charge in [0.15, 0.2) is 0 Å². The standard InChI is InChI=1S/C23H22ClN3O/c24-20-8-2-1-7-19(20)22-14-17-11-10-16(5-4-12-28)13-21(17)27(22)15-18-6-3-9-23(25)26-18/h1-3,6-11,13-14,28H,4-5,12,15H2,(H2,25,26). The average Bonchev–Trinajstić information content (AvgIpc) is 3.04. The number of hydrogen-bond donors (Lipinski definition) is 2. The van der Waals surface area contributed by atoms with Gasteiger partial charge in [-0.15, -0.1) is 0 Å². The van der Waals surface area contributed by atoms with E-state index in [1.165, 1.54) is 5.56 Å². The number of anilines is 1. The molecule has 28 heavy (non-hydrogen) atoms. The van der Waals surface area contributed by atoms with Gasteiger partial charge in [0.1, 0.15) is 5.82 Å². The molecule has 2 heterocycles. The molecule has 0 spiro atoms. The Morgan fingerprint density at radius 1 is 1.00 bits per heavy atom. The third kappa shape index (κ3) is 3.75. The van der Waals surface area contributed by atoms with Gasteiger partial charge < -0.3 is 15.4 Å². The van der Waals surface area contributed by atoms with Crippen molar-refractivity contribution in [3.05, 3.63) is 83.0 Å². The molecule has 0 fully saturated rings. The Bertz CT molecular complexity index is 1120. The molecule has 0 saturated heterocycles. The van der Waals surface area contributed by atoms with Crippen LogP contribution in [0.5, 0.6) is 0 Å². The van der Waals surface area contributed by atoms with Gasteiger partial charge in [-0.05, 0) is 48.7 Å². The van der Waals surface area contributed by atoms with Crippen molar-refractivity contribution in [2.75, 3.05) is 12.3 Å². The number of aryl methyl sites for hydroxylation is 1. The van der Waals surface area contributed by atoms with Crippen LogP contribution in [-0.2, 0) is 13.0 Å². The first-order chi connectivity index (χ1) is 13.7. The second-order valence-electron chi connectivity index (χ2n) is 6.87. The van der Waals surface area contributed by atoms with Crippen LogP contribution in [0.1, 0.15) is 17.7 Å². The van der Waals surface area contributed by atoms with Crippen molar-refractivity contribution in [2.45, 2.75) is 19.4 Å². The van der Waals surface area contributed by atoms with E-state index in [0.717, 1.165) is 40.7 Å². The predicted octanol–water partition coefficient (Wildman–Crippen LogP) is 4.91. The van der Waals surface area contributed by atoms with Gasteiger partial charge >= 0.3 is 0 Å². The Kier molecular flexibility index (Phi) is 5.33. The van der Waals surface area contributed by atoms with E-state index in [9.17, 15) is 0 Å².